The summed E-state index contributed by atoms with van der Waals surface area (Å²) in [4.78, 5) is 14.8. The molecule has 4 nitrogen and oxygen atoms in total. The van der Waals surface area contributed by atoms with E-state index in [-0.39, 0.29) is 17.0 Å². The Balaban J connectivity index is 1.82. The molecule has 28 heavy (non-hydrogen) atoms. The quantitative estimate of drug-likeness (QED) is 0.585. The molecule has 2 aromatic carbocycles. The zero-order chi connectivity index (χ0) is 20.7. The van der Waals surface area contributed by atoms with E-state index in [0.717, 1.165) is 27.8 Å². The standard InChI is InChI=1S/C23H30BNO3/c1-16-11-12-17(13-20(16)24-27-22(2,3)23(4,5)28-24)14-21(26)18-9-8-10-19(15-18)25(6)7/h8-13,15H,14H2,1-7H3. The molecule has 5 heteroatoms. The maximum atomic E-state index is 12.8. The van der Waals surface area contributed by atoms with E-state index in [9.17, 15) is 4.79 Å². The van der Waals surface area contributed by atoms with Crippen LogP contribution in [-0.4, -0.2) is 38.2 Å². The molecule has 0 atom stereocenters. The molecule has 3 rings (SSSR count). The van der Waals surface area contributed by atoms with Gasteiger partial charge in [-0.3, -0.25) is 4.79 Å². The van der Waals surface area contributed by atoms with Crippen LogP contribution in [0.3, 0.4) is 0 Å². The molecule has 0 saturated carbocycles. The smallest absolute Gasteiger partial charge is 0.399 e. The van der Waals surface area contributed by atoms with Crippen molar-refractivity contribution in [3.05, 3.63) is 59.2 Å². The summed E-state index contributed by atoms with van der Waals surface area (Å²) >= 11 is 0. The monoisotopic (exact) mass is 379 g/mol. The number of nitrogens with zero attached hydrogens (tertiary/aromatic N) is 1. The first-order valence-corrected chi connectivity index (χ1v) is 9.76. The second-order valence-electron chi connectivity index (χ2n) is 8.82. The molecular formula is C23H30BNO3. The van der Waals surface area contributed by atoms with Gasteiger partial charge in [0.15, 0.2) is 5.78 Å². The molecule has 0 N–H and O–H groups in total. The highest BCUT2D eigenvalue weighted by atomic mass is 16.7. The van der Waals surface area contributed by atoms with Gasteiger partial charge in [-0.05, 0) is 57.8 Å². The third kappa shape index (κ3) is 4.01. The Labute approximate surface area is 169 Å². The van der Waals surface area contributed by atoms with Gasteiger partial charge in [-0.25, -0.2) is 0 Å². The summed E-state index contributed by atoms with van der Waals surface area (Å²) in [6, 6.07) is 13.8. The van der Waals surface area contributed by atoms with Gasteiger partial charge in [-0.1, -0.05) is 35.9 Å². The normalized spacial score (nSPS) is 17.6. The minimum Gasteiger partial charge on any atom is -0.399 e. The number of hydrogen-bond donors (Lipinski definition) is 0. The van der Waals surface area contributed by atoms with Gasteiger partial charge in [-0.15, -0.1) is 0 Å². The van der Waals surface area contributed by atoms with Crippen molar-refractivity contribution in [2.24, 2.45) is 0 Å². The molecule has 0 spiro atoms. The van der Waals surface area contributed by atoms with Crippen LogP contribution in [0, 0.1) is 6.92 Å². The lowest BCUT2D eigenvalue weighted by molar-refractivity contribution is 0.00578. The van der Waals surface area contributed by atoms with E-state index >= 15 is 0 Å². The average molecular weight is 379 g/mol. The van der Waals surface area contributed by atoms with E-state index in [2.05, 4.69) is 0 Å². The first-order valence-electron chi connectivity index (χ1n) is 9.76. The van der Waals surface area contributed by atoms with Crippen molar-refractivity contribution < 1.29 is 14.1 Å². The molecule has 1 fully saturated rings. The van der Waals surface area contributed by atoms with Gasteiger partial charge >= 0.3 is 7.12 Å². The van der Waals surface area contributed by atoms with E-state index in [4.69, 9.17) is 9.31 Å². The number of Topliss-reactive ketones (excluding diaryl/α,β-unsaturated/α-hetero) is 1. The maximum absolute atomic E-state index is 12.8. The van der Waals surface area contributed by atoms with Crippen molar-refractivity contribution in [3.8, 4) is 0 Å². The summed E-state index contributed by atoms with van der Waals surface area (Å²) in [6.07, 6.45) is 0.351. The third-order valence-electron chi connectivity index (χ3n) is 5.90. The highest BCUT2D eigenvalue weighted by Gasteiger charge is 2.52. The summed E-state index contributed by atoms with van der Waals surface area (Å²) in [6.45, 7) is 10.2. The van der Waals surface area contributed by atoms with Gasteiger partial charge in [0.05, 0.1) is 11.2 Å². The minimum atomic E-state index is -0.419. The largest absolute Gasteiger partial charge is 0.495 e. The van der Waals surface area contributed by atoms with Gasteiger partial charge in [0, 0.05) is 31.8 Å². The van der Waals surface area contributed by atoms with Gasteiger partial charge in [-0.2, -0.15) is 0 Å². The molecule has 1 aliphatic rings. The Morgan fingerprint density at radius 2 is 1.64 bits per heavy atom. The van der Waals surface area contributed by atoms with Gasteiger partial charge in [0.25, 0.3) is 0 Å². The molecule has 148 valence electrons. The summed E-state index contributed by atoms with van der Waals surface area (Å²) in [7, 11) is 3.53. The summed E-state index contributed by atoms with van der Waals surface area (Å²) in [5.74, 6) is 0.104. The maximum Gasteiger partial charge on any atom is 0.495 e. The number of anilines is 1. The van der Waals surface area contributed by atoms with Crippen molar-refractivity contribution in [1.29, 1.82) is 0 Å². The molecule has 1 aliphatic heterocycles. The van der Waals surface area contributed by atoms with E-state index in [0.29, 0.717) is 6.42 Å². The molecule has 2 aromatic rings. The van der Waals surface area contributed by atoms with Crippen molar-refractivity contribution >= 4 is 24.1 Å². The molecule has 0 radical (unpaired) electrons. The van der Waals surface area contributed by atoms with Crippen LogP contribution in [0.15, 0.2) is 42.5 Å². The lowest BCUT2D eigenvalue weighted by Gasteiger charge is -2.32. The van der Waals surface area contributed by atoms with Crippen molar-refractivity contribution in [2.75, 3.05) is 19.0 Å². The van der Waals surface area contributed by atoms with Gasteiger partial charge in [0.2, 0.25) is 0 Å². The van der Waals surface area contributed by atoms with Crippen LogP contribution in [0.1, 0.15) is 49.2 Å². The van der Waals surface area contributed by atoms with Crippen molar-refractivity contribution in [3.63, 3.8) is 0 Å². The predicted molar refractivity (Wildman–Crippen MR) is 116 cm³/mol. The zero-order valence-electron chi connectivity index (χ0n) is 18.0. The Kier molecular flexibility index (Phi) is 5.43. The fourth-order valence-corrected chi connectivity index (χ4v) is 3.27. The van der Waals surface area contributed by atoms with Crippen LogP contribution in [0.5, 0.6) is 0 Å². The third-order valence-corrected chi connectivity index (χ3v) is 5.90. The lowest BCUT2D eigenvalue weighted by Crippen LogP contribution is -2.41. The van der Waals surface area contributed by atoms with Crippen LogP contribution in [0.25, 0.3) is 0 Å². The SMILES string of the molecule is Cc1ccc(CC(=O)c2cccc(N(C)C)c2)cc1B1OC(C)(C)C(C)(C)O1. The molecule has 0 aliphatic carbocycles. The molecule has 0 bridgehead atoms. The number of carbonyl (C=O) groups is 1. The Morgan fingerprint density at radius 1 is 1.00 bits per heavy atom. The number of aryl methyl sites for hydroxylation is 1. The van der Waals surface area contributed by atoms with E-state index < -0.39 is 7.12 Å². The van der Waals surface area contributed by atoms with Crippen LogP contribution in [0.2, 0.25) is 0 Å². The highest BCUT2D eigenvalue weighted by molar-refractivity contribution is 6.62. The first kappa shape index (κ1) is 20.6. The molecule has 0 aromatic heterocycles. The van der Waals surface area contributed by atoms with Gasteiger partial charge < -0.3 is 14.2 Å². The van der Waals surface area contributed by atoms with Crippen LogP contribution < -0.4 is 10.4 Å². The molecular weight excluding hydrogens is 349 g/mol. The van der Waals surface area contributed by atoms with Crippen LogP contribution >= 0.6 is 0 Å². The fraction of sp³-hybridized carbons (Fsp3) is 0.435. The Hall–Kier alpha value is -2.11. The minimum absolute atomic E-state index is 0.104. The average Bonchev–Trinajstić information content (AvgIpc) is 2.84. The summed E-state index contributed by atoms with van der Waals surface area (Å²) in [5, 5.41) is 0. The molecule has 0 amide bonds. The van der Waals surface area contributed by atoms with Crippen molar-refractivity contribution in [2.45, 2.75) is 52.2 Å². The number of ketones is 1. The highest BCUT2D eigenvalue weighted by Crippen LogP contribution is 2.36. The lowest BCUT2D eigenvalue weighted by atomic mass is 9.75. The predicted octanol–water partition coefficient (Wildman–Crippen LogP) is 3.79. The molecule has 1 heterocycles. The van der Waals surface area contributed by atoms with E-state index in [1.165, 1.54) is 0 Å². The number of hydrogen-bond acceptors (Lipinski definition) is 4. The number of rotatable bonds is 5. The fourth-order valence-electron chi connectivity index (χ4n) is 3.27. The molecule has 0 unspecified atom stereocenters. The zero-order valence-corrected chi connectivity index (χ0v) is 18.0. The van der Waals surface area contributed by atoms with Crippen molar-refractivity contribution in [1.82, 2.24) is 0 Å². The number of benzene rings is 2. The second-order valence-corrected chi connectivity index (χ2v) is 8.82. The first-order chi connectivity index (χ1) is 13.0. The number of carbonyl (C=O) groups excluding carboxylic acids is 1. The van der Waals surface area contributed by atoms with Gasteiger partial charge in [0.1, 0.15) is 0 Å². The van der Waals surface area contributed by atoms with E-state index in [1.54, 1.807) is 0 Å². The van der Waals surface area contributed by atoms with Crippen LogP contribution in [0.4, 0.5) is 5.69 Å². The topological polar surface area (TPSA) is 38.8 Å². The van der Waals surface area contributed by atoms with Crippen LogP contribution in [-0.2, 0) is 15.7 Å². The Morgan fingerprint density at radius 3 is 2.25 bits per heavy atom. The molecule has 1 saturated heterocycles. The summed E-state index contributed by atoms with van der Waals surface area (Å²) < 4.78 is 12.4. The Bertz CT molecular complexity index is 873. The second kappa shape index (κ2) is 7.38. The van der Waals surface area contributed by atoms with E-state index in [1.807, 2.05) is 96.1 Å². The summed E-state index contributed by atoms with van der Waals surface area (Å²) in [5.41, 5.74) is 4.04.